The van der Waals surface area contributed by atoms with Gasteiger partial charge in [0.05, 0.1) is 0 Å². The van der Waals surface area contributed by atoms with Crippen LogP contribution < -0.4 is 0 Å². The van der Waals surface area contributed by atoms with Crippen LogP contribution in [0.3, 0.4) is 0 Å². The van der Waals surface area contributed by atoms with Gasteiger partial charge in [0, 0.05) is 0 Å². The van der Waals surface area contributed by atoms with Crippen LogP contribution in [0.25, 0.3) is 0 Å². The Hall–Kier alpha value is -1.26. The second-order valence-corrected chi connectivity index (χ2v) is 4.09. The van der Waals surface area contributed by atoms with Gasteiger partial charge in [0.25, 0.3) is 0 Å². The Morgan fingerprint density at radius 1 is 1.44 bits per heavy atom. The van der Waals surface area contributed by atoms with Crippen molar-refractivity contribution in [3.05, 3.63) is 36.1 Å². The number of oxime groups is 2. The van der Waals surface area contributed by atoms with Crippen LogP contribution in [0.5, 0.6) is 0 Å². The molecule has 0 amide bonds. The number of hydrogen-bond acceptors (Lipinski definition) is 4. The Labute approximate surface area is 103 Å². The zero-order valence-electron chi connectivity index (χ0n) is 8.47. The van der Waals surface area contributed by atoms with Gasteiger partial charge in [-0.05, 0) is 36.8 Å². The molecule has 0 saturated carbocycles. The second-order valence-electron chi connectivity index (χ2n) is 2.93. The monoisotopic (exact) mass is 260 g/mol. The molecular weight excluding hydrogens is 251 g/mol. The third-order valence-electron chi connectivity index (χ3n) is 1.73. The number of allylic oxidation sites excluding steroid dienone is 5. The Morgan fingerprint density at radius 3 is 2.75 bits per heavy atom. The highest BCUT2D eigenvalue weighted by atomic mass is 35.5. The van der Waals surface area contributed by atoms with E-state index in [2.05, 4.69) is 10.3 Å². The molecule has 4 nitrogen and oxygen atoms in total. The third-order valence-corrected chi connectivity index (χ3v) is 2.02. The zero-order valence-corrected chi connectivity index (χ0v) is 9.98. The molecule has 16 heavy (non-hydrogen) atoms. The fraction of sp³-hybridized carbons (Fsp3) is 0.200. The Balaban J connectivity index is 2.63. The fourth-order valence-electron chi connectivity index (χ4n) is 0.986. The van der Waals surface area contributed by atoms with Crippen molar-refractivity contribution in [2.75, 3.05) is 0 Å². The van der Waals surface area contributed by atoms with Gasteiger partial charge in [-0.25, -0.2) is 0 Å². The molecule has 0 aromatic rings. The van der Waals surface area contributed by atoms with Crippen molar-refractivity contribution in [1.82, 2.24) is 0 Å². The van der Waals surface area contributed by atoms with E-state index in [-0.39, 0.29) is 0 Å². The van der Waals surface area contributed by atoms with E-state index >= 15 is 0 Å². The zero-order chi connectivity index (χ0) is 12.0. The van der Waals surface area contributed by atoms with Crippen LogP contribution in [-0.2, 0) is 4.84 Å². The van der Waals surface area contributed by atoms with Gasteiger partial charge in [-0.1, -0.05) is 10.3 Å². The normalized spacial score (nSPS) is 21.1. The molecule has 1 aliphatic carbocycles. The first-order chi connectivity index (χ1) is 7.63. The molecule has 0 atom stereocenters. The summed E-state index contributed by atoms with van der Waals surface area (Å²) < 4.78 is 0. The highest BCUT2D eigenvalue weighted by Crippen LogP contribution is 2.08. The van der Waals surface area contributed by atoms with Gasteiger partial charge in [0.15, 0.2) is 0 Å². The smallest absolute Gasteiger partial charge is 0.129 e. The largest absolute Gasteiger partial charge is 0.410 e. The molecule has 0 aliphatic heterocycles. The van der Waals surface area contributed by atoms with Crippen molar-refractivity contribution in [1.29, 1.82) is 0 Å². The summed E-state index contributed by atoms with van der Waals surface area (Å²) >= 11 is 10.9. The highest BCUT2D eigenvalue weighted by molar-refractivity contribution is 6.45. The molecule has 6 heteroatoms. The molecule has 0 saturated heterocycles. The standard InChI is InChI=1S/C10H10Cl2N2O2/c1-7-6-8(13-15)2-3-9(7)14-16-5-4-10(11)12/h2-6,10,15H,1H3. The van der Waals surface area contributed by atoms with E-state index in [1.54, 1.807) is 18.2 Å². The number of alkyl halides is 2. The Bertz CT molecular complexity index is 396. The SMILES string of the molecule is CC1=CC(=NO)C=CC1=NOC=CC(Cl)Cl. The average molecular weight is 261 g/mol. The van der Waals surface area contributed by atoms with Gasteiger partial charge in [-0.3, -0.25) is 0 Å². The molecule has 86 valence electrons. The van der Waals surface area contributed by atoms with Crippen molar-refractivity contribution < 1.29 is 10.0 Å². The summed E-state index contributed by atoms with van der Waals surface area (Å²) in [5.74, 6) is 0. The van der Waals surface area contributed by atoms with Gasteiger partial charge < -0.3 is 10.0 Å². The summed E-state index contributed by atoms with van der Waals surface area (Å²) in [6.07, 6.45) is 7.72. The first-order valence-corrected chi connectivity index (χ1v) is 5.28. The minimum atomic E-state index is -0.619. The van der Waals surface area contributed by atoms with Gasteiger partial charge >= 0.3 is 0 Å². The molecule has 0 heterocycles. The van der Waals surface area contributed by atoms with E-state index in [1.165, 1.54) is 12.3 Å². The number of halogens is 2. The third kappa shape index (κ3) is 4.08. The average Bonchev–Trinajstić information content (AvgIpc) is 2.25. The molecule has 0 bridgehead atoms. The molecule has 1 aliphatic rings. The fourth-order valence-corrected chi connectivity index (χ4v) is 1.10. The molecule has 1 rings (SSSR count). The minimum Gasteiger partial charge on any atom is -0.410 e. The summed E-state index contributed by atoms with van der Waals surface area (Å²) in [7, 11) is 0. The molecule has 0 radical (unpaired) electrons. The van der Waals surface area contributed by atoms with Gasteiger partial charge in [-0.2, -0.15) is 0 Å². The van der Waals surface area contributed by atoms with Gasteiger partial charge in [-0.15, -0.1) is 23.2 Å². The summed E-state index contributed by atoms with van der Waals surface area (Å²) in [4.78, 5) is 4.25. The lowest BCUT2D eigenvalue weighted by Crippen LogP contribution is -2.06. The predicted octanol–water partition coefficient (Wildman–Crippen LogP) is 3.02. The summed E-state index contributed by atoms with van der Waals surface area (Å²) in [6.45, 7) is 1.83. The Morgan fingerprint density at radius 2 is 2.19 bits per heavy atom. The first kappa shape index (κ1) is 12.8. The van der Waals surface area contributed by atoms with Crippen molar-refractivity contribution >= 4 is 34.6 Å². The maximum atomic E-state index is 8.55. The van der Waals surface area contributed by atoms with E-state index in [0.717, 1.165) is 5.57 Å². The molecule has 0 spiro atoms. The molecule has 0 aromatic heterocycles. The highest BCUT2D eigenvalue weighted by Gasteiger charge is 2.06. The van der Waals surface area contributed by atoms with E-state index in [9.17, 15) is 0 Å². The van der Waals surface area contributed by atoms with E-state index in [1.807, 2.05) is 6.92 Å². The van der Waals surface area contributed by atoms with E-state index < -0.39 is 4.84 Å². The van der Waals surface area contributed by atoms with Crippen LogP contribution in [0.4, 0.5) is 0 Å². The number of rotatable bonds is 3. The Kier molecular flexibility index (Phi) is 5.08. The van der Waals surface area contributed by atoms with Crippen molar-refractivity contribution in [3.63, 3.8) is 0 Å². The van der Waals surface area contributed by atoms with E-state index in [4.69, 9.17) is 33.2 Å². The molecule has 0 fully saturated rings. The van der Waals surface area contributed by atoms with Gasteiger partial charge in [0.1, 0.15) is 22.5 Å². The van der Waals surface area contributed by atoms with Crippen LogP contribution in [0, 0.1) is 0 Å². The maximum Gasteiger partial charge on any atom is 0.129 e. The number of hydrogen-bond donors (Lipinski definition) is 1. The van der Waals surface area contributed by atoms with Crippen molar-refractivity contribution in [3.8, 4) is 0 Å². The van der Waals surface area contributed by atoms with Crippen molar-refractivity contribution in [2.45, 2.75) is 11.8 Å². The quantitative estimate of drug-likeness (QED) is 0.279. The van der Waals surface area contributed by atoms with Crippen LogP contribution in [0.15, 0.2) is 46.5 Å². The molecular formula is C10H10Cl2N2O2. The van der Waals surface area contributed by atoms with Gasteiger partial charge in [0.2, 0.25) is 0 Å². The first-order valence-electron chi connectivity index (χ1n) is 4.41. The second kappa shape index (κ2) is 6.35. The lowest BCUT2D eigenvalue weighted by molar-refractivity contribution is 0.268. The molecule has 0 unspecified atom stereocenters. The molecule has 1 N–H and O–H groups in total. The van der Waals surface area contributed by atoms with Crippen LogP contribution in [0.2, 0.25) is 0 Å². The van der Waals surface area contributed by atoms with Crippen molar-refractivity contribution in [2.24, 2.45) is 10.3 Å². The topological polar surface area (TPSA) is 54.2 Å². The van der Waals surface area contributed by atoms with E-state index in [0.29, 0.717) is 11.4 Å². The lowest BCUT2D eigenvalue weighted by atomic mass is 10.0. The summed E-state index contributed by atoms with van der Waals surface area (Å²) in [6, 6.07) is 0. The molecule has 0 aromatic carbocycles. The minimum absolute atomic E-state index is 0.466. The van der Waals surface area contributed by atoms with Crippen LogP contribution in [0.1, 0.15) is 6.92 Å². The summed E-state index contributed by atoms with van der Waals surface area (Å²) in [5.41, 5.74) is 1.93. The van der Waals surface area contributed by atoms with Crippen LogP contribution in [-0.4, -0.2) is 21.5 Å². The maximum absolute atomic E-state index is 8.55. The number of nitrogens with zero attached hydrogens (tertiary/aromatic N) is 2. The van der Waals surface area contributed by atoms with Crippen LogP contribution >= 0.6 is 23.2 Å². The predicted molar refractivity (Wildman–Crippen MR) is 65.3 cm³/mol. The summed E-state index contributed by atoms with van der Waals surface area (Å²) in [5, 5.41) is 15.4. The lowest BCUT2D eigenvalue weighted by Gasteiger charge is -2.05.